The second-order valence-electron chi connectivity index (χ2n) is 13.3. The van der Waals surface area contributed by atoms with Crippen LogP contribution in [0.4, 0.5) is 0 Å². The van der Waals surface area contributed by atoms with Crippen LogP contribution in [0.25, 0.3) is 32.3 Å². The Kier molecular flexibility index (Phi) is 8.27. The number of nitrogens with zero attached hydrogens (tertiary/aromatic N) is 3. The molecule has 4 heterocycles. The Morgan fingerprint density at radius 3 is 0.846 bits per heavy atom. The Morgan fingerprint density at radius 1 is 0.288 bits per heavy atom. The molecule has 52 heavy (non-hydrogen) atoms. The minimum Gasteiger partial charge on any atom is -0.256 e. The minimum atomic E-state index is -0.248. The molecule has 0 N–H and O–H groups in total. The summed E-state index contributed by atoms with van der Waals surface area (Å²) in [5.41, 5.74) is 8.58. The van der Waals surface area contributed by atoms with Gasteiger partial charge in [-0.15, -0.1) is 140 Å². The first kappa shape index (κ1) is 32.1. The molecule has 3 nitrogen and oxygen atoms in total. The fourth-order valence-electron chi connectivity index (χ4n) is 7.69. The van der Waals surface area contributed by atoms with Crippen molar-refractivity contribution in [1.29, 1.82) is 0 Å². The normalized spacial score (nSPS) is 16.5. The van der Waals surface area contributed by atoms with Gasteiger partial charge in [0, 0.05) is 0 Å². The Balaban J connectivity index is 0.00000360. The molecule has 0 atom stereocenters. The molecule has 0 radical (unpaired) electrons. The van der Waals surface area contributed by atoms with Gasteiger partial charge in [-0.25, -0.2) is 0 Å². The number of rotatable bonds is 3. The molecule has 6 aromatic carbocycles. The van der Waals surface area contributed by atoms with Crippen LogP contribution < -0.4 is 0 Å². The first-order valence-electron chi connectivity index (χ1n) is 17.4. The van der Waals surface area contributed by atoms with Crippen LogP contribution in [-0.4, -0.2) is 15.0 Å². The summed E-state index contributed by atoms with van der Waals surface area (Å²) in [7, 11) is 0. The van der Waals surface area contributed by atoms with Crippen LogP contribution in [-0.2, 0) is 20.1 Å². The molecule has 6 bridgehead atoms. The van der Waals surface area contributed by atoms with Crippen LogP contribution in [0.15, 0.2) is 164 Å². The van der Waals surface area contributed by atoms with E-state index in [-0.39, 0.29) is 37.9 Å². The second kappa shape index (κ2) is 13.4. The number of fused-ring (bicyclic) bond motifs is 9. The van der Waals surface area contributed by atoms with Crippen molar-refractivity contribution >= 4 is 32.3 Å². The molecule has 0 unspecified atom stereocenters. The maximum atomic E-state index is 5.47. The van der Waals surface area contributed by atoms with Gasteiger partial charge in [0.05, 0.1) is 51.9 Å². The summed E-state index contributed by atoms with van der Waals surface area (Å²) in [5, 5.41) is 6.67. The molecule has 0 amide bonds. The predicted molar refractivity (Wildman–Crippen MR) is 204 cm³/mol. The Morgan fingerprint density at radius 2 is 0.558 bits per heavy atom. The fraction of sp³-hybridized carbons (Fsp3) is 0.0625. The van der Waals surface area contributed by atoms with Crippen molar-refractivity contribution < 1.29 is 20.1 Å². The predicted octanol–water partition coefficient (Wildman–Crippen LogP) is 10.6. The summed E-state index contributed by atoms with van der Waals surface area (Å²) < 4.78 is 0. The Bertz CT molecular complexity index is 2400. The second-order valence-corrected chi connectivity index (χ2v) is 13.3. The first-order valence-corrected chi connectivity index (χ1v) is 17.4. The standard InChI is InChI=1S/C48H30N3.Ir/c1-4-13-34-28-37(25-22-31(34)10-1)46-40-16-7-18-42(49-40)47(38-26-23-32-11-2-5-14-35(32)29-38)44-20-9-21-45(51-44)48(43-19-8-17-41(46)50-43)39-27-24-33-12-3-6-15-36(33)30-39;/h1-27,46-48H;/q-3;+3. The van der Waals surface area contributed by atoms with Gasteiger partial charge in [-0.3, -0.25) is 15.0 Å². The number of pyridine rings is 3. The van der Waals surface area contributed by atoms with Crippen LogP contribution >= 0.6 is 0 Å². The van der Waals surface area contributed by atoms with Gasteiger partial charge in [0.2, 0.25) is 0 Å². The van der Waals surface area contributed by atoms with E-state index in [0.717, 1.165) is 83.2 Å². The molecular weight excluding hydrogens is 811 g/mol. The Labute approximate surface area is 316 Å². The summed E-state index contributed by atoms with van der Waals surface area (Å²) in [6, 6.07) is 68.6. The van der Waals surface area contributed by atoms with Crippen LogP contribution in [0.2, 0.25) is 0 Å². The molecule has 0 saturated carbocycles. The van der Waals surface area contributed by atoms with Crippen LogP contribution in [0.5, 0.6) is 0 Å². The molecule has 0 aliphatic carbocycles. The molecule has 1 aliphatic heterocycles. The topological polar surface area (TPSA) is 38.7 Å². The molecule has 3 aromatic heterocycles. The van der Waals surface area contributed by atoms with E-state index in [4.69, 9.17) is 15.0 Å². The quantitative estimate of drug-likeness (QED) is 0.166. The number of benzene rings is 6. The van der Waals surface area contributed by atoms with Crippen molar-refractivity contribution in [1.82, 2.24) is 15.0 Å². The monoisotopic (exact) mass is 841 g/mol. The van der Waals surface area contributed by atoms with E-state index in [9.17, 15) is 0 Å². The third kappa shape index (κ3) is 5.71. The molecule has 1 aliphatic rings. The zero-order valence-electron chi connectivity index (χ0n) is 28.0. The van der Waals surface area contributed by atoms with Crippen molar-refractivity contribution in [2.24, 2.45) is 0 Å². The summed E-state index contributed by atoms with van der Waals surface area (Å²) in [4.78, 5) is 16.4. The van der Waals surface area contributed by atoms with Gasteiger partial charge in [0.15, 0.2) is 0 Å². The molecule has 246 valence electrons. The van der Waals surface area contributed by atoms with E-state index in [2.05, 4.69) is 182 Å². The molecule has 4 heteroatoms. The molecular formula is C48H30IrN3. The van der Waals surface area contributed by atoms with Crippen molar-refractivity contribution in [2.75, 3.05) is 0 Å². The maximum absolute atomic E-state index is 5.47. The zero-order valence-corrected chi connectivity index (χ0v) is 30.4. The third-order valence-electron chi connectivity index (χ3n) is 10.1. The molecule has 0 saturated heterocycles. The van der Waals surface area contributed by atoms with Crippen LogP contribution in [0, 0.1) is 18.2 Å². The van der Waals surface area contributed by atoms with E-state index in [1.807, 2.05) is 0 Å². The van der Waals surface area contributed by atoms with Gasteiger partial charge in [-0.05, 0) is 36.4 Å². The summed E-state index contributed by atoms with van der Waals surface area (Å²) in [6.45, 7) is 0. The smallest absolute Gasteiger partial charge is 0.256 e. The number of hydrogen-bond acceptors (Lipinski definition) is 3. The average Bonchev–Trinajstić information content (AvgIpc) is 3.18. The third-order valence-corrected chi connectivity index (χ3v) is 10.1. The van der Waals surface area contributed by atoms with E-state index in [1.54, 1.807) is 0 Å². The van der Waals surface area contributed by atoms with E-state index in [1.165, 1.54) is 0 Å². The zero-order chi connectivity index (χ0) is 33.7. The van der Waals surface area contributed by atoms with Crippen molar-refractivity contribution in [3.8, 4) is 0 Å². The van der Waals surface area contributed by atoms with Gasteiger partial charge < -0.3 is 0 Å². The van der Waals surface area contributed by atoms with Crippen LogP contribution in [0.1, 0.15) is 68.6 Å². The van der Waals surface area contributed by atoms with Crippen molar-refractivity contribution in [2.45, 2.75) is 17.8 Å². The minimum absolute atomic E-state index is 0. The van der Waals surface area contributed by atoms with E-state index in [0.29, 0.717) is 0 Å². The van der Waals surface area contributed by atoms with Crippen molar-refractivity contribution in [3.05, 3.63) is 233 Å². The maximum Gasteiger partial charge on any atom is 3.00 e. The molecule has 0 fully saturated rings. The van der Waals surface area contributed by atoms with Gasteiger partial charge in [0.25, 0.3) is 0 Å². The first-order chi connectivity index (χ1) is 25.2. The summed E-state index contributed by atoms with van der Waals surface area (Å²) in [5.74, 6) is -0.743. The Hall–Kier alpha value is -5.80. The van der Waals surface area contributed by atoms with E-state index >= 15 is 0 Å². The molecule has 9 aromatic rings. The summed E-state index contributed by atoms with van der Waals surface area (Å²) >= 11 is 0. The largest absolute Gasteiger partial charge is 3.00 e. The van der Waals surface area contributed by atoms with E-state index < -0.39 is 0 Å². The summed E-state index contributed by atoms with van der Waals surface area (Å²) in [6.07, 6.45) is 0. The van der Waals surface area contributed by atoms with Gasteiger partial charge >= 0.3 is 20.1 Å². The van der Waals surface area contributed by atoms with Gasteiger partial charge in [-0.1, -0.05) is 54.6 Å². The van der Waals surface area contributed by atoms with Gasteiger partial charge in [-0.2, -0.15) is 0 Å². The van der Waals surface area contributed by atoms with Gasteiger partial charge in [0.1, 0.15) is 0 Å². The van der Waals surface area contributed by atoms with Crippen molar-refractivity contribution in [3.63, 3.8) is 0 Å². The number of aromatic nitrogens is 3. The fourth-order valence-corrected chi connectivity index (χ4v) is 7.69. The molecule has 0 spiro atoms. The number of hydrogen-bond donors (Lipinski definition) is 0. The SMILES string of the molecule is [Ir+3].[c-]1c(C2c3cccc(n3)C(c3[c-]c4ccccc4cc3)c3cccc(n3)C(c3[c-]c4ccccc4cc3)c3cccc2n3)ccc2ccccc12. The molecule has 10 rings (SSSR count). The van der Waals surface area contributed by atoms with Crippen LogP contribution in [0.3, 0.4) is 0 Å². The average molecular weight is 841 g/mol.